The van der Waals surface area contributed by atoms with Crippen molar-refractivity contribution in [2.75, 3.05) is 12.3 Å². The van der Waals surface area contributed by atoms with Gasteiger partial charge in [-0.15, -0.1) is 0 Å². The number of amidine groups is 1. The van der Waals surface area contributed by atoms with Gasteiger partial charge in [0, 0.05) is 31.7 Å². The summed E-state index contributed by atoms with van der Waals surface area (Å²) in [5.41, 5.74) is 0. The molecule has 1 unspecified atom stereocenters. The van der Waals surface area contributed by atoms with E-state index in [9.17, 15) is 0 Å². The van der Waals surface area contributed by atoms with Gasteiger partial charge in [-0.1, -0.05) is 16.9 Å². The van der Waals surface area contributed by atoms with Crippen LogP contribution in [0.25, 0.3) is 0 Å². The maximum atomic E-state index is 4.89. The summed E-state index contributed by atoms with van der Waals surface area (Å²) in [6, 6.07) is 0.535. The molecule has 0 saturated carbocycles. The third-order valence-corrected chi connectivity index (χ3v) is 3.28. The molecule has 1 aromatic heterocycles. The summed E-state index contributed by atoms with van der Waals surface area (Å²) in [7, 11) is 0. The molecule has 2 rings (SSSR count). The largest absolute Gasteiger partial charge is 0.362 e. The fourth-order valence-corrected chi connectivity index (χ4v) is 2.58. The minimum Gasteiger partial charge on any atom is -0.362 e. The second-order valence-electron chi connectivity index (χ2n) is 3.85. The molecule has 0 radical (unpaired) electrons. The average molecular weight is 240 g/mol. The third kappa shape index (κ3) is 3.23. The first kappa shape index (κ1) is 11.4. The van der Waals surface area contributed by atoms with Crippen LogP contribution in [0.1, 0.15) is 25.1 Å². The maximum Gasteiger partial charge on any atom is 0.223 e. The van der Waals surface area contributed by atoms with Gasteiger partial charge in [0.2, 0.25) is 5.89 Å². The molecule has 2 heterocycles. The molecule has 1 aliphatic heterocycles. The van der Waals surface area contributed by atoms with Gasteiger partial charge in [0.05, 0.1) is 0 Å². The van der Waals surface area contributed by atoms with Crippen LogP contribution in [0.15, 0.2) is 9.52 Å². The molecule has 16 heavy (non-hydrogen) atoms. The molecule has 0 bridgehead atoms. The van der Waals surface area contributed by atoms with E-state index in [1.54, 1.807) is 18.7 Å². The average Bonchev–Trinajstić information content (AvgIpc) is 2.64. The molecule has 5 nitrogen and oxygen atoms in total. The highest BCUT2D eigenvalue weighted by atomic mass is 32.2. The monoisotopic (exact) mass is 240 g/mol. The van der Waals surface area contributed by atoms with Crippen LogP contribution in [0.4, 0.5) is 0 Å². The number of aromatic nitrogens is 2. The summed E-state index contributed by atoms with van der Waals surface area (Å²) in [5, 5.41) is 8.23. The van der Waals surface area contributed by atoms with E-state index in [2.05, 4.69) is 27.4 Å². The lowest BCUT2D eigenvalue weighted by Crippen LogP contribution is -2.35. The zero-order valence-corrected chi connectivity index (χ0v) is 10.4. The van der Waals surface area contributed by atoms with Crippen LogP contribution in [0, 0.1) is 6.92 Å². The molecule has 1 fully saturated rings. The van der Waals surface area contributed by atoms with E-state index in [1.807, 2.05) is 0 Å². The van der Waals surface area contributed by atoms with Gasteiger partial charge in [-0.3, -0.25) is 4.99 Å². The molecule has 88 valence electrons. The van der Waals surface area contributed by atoms with E-state index in [0.717, 1.165) is 23.2 Å². The quantitative estimate of drug-likeness (QED) is 0.865. The van der Waals surface area contributed by atoms with Gasteiger partial charge in [-0.25, -0.2) is 0 Å². The topological polar surface area (TPSA) is 63.3 Å². The van der Waals surface area contributed by atoms with Crippen molar-refractivity contribution in [2.45, 2.75) is 32.7 Å². The zero-order chi connectivity index (χ0) is 11.4. The first-order chi connectivity index (χ1) is 7.74. The molecule has 1 N–H and O–H groups in total. The minimum atomic E-state index is 0.535. The van der Waals surface area contributed by atoms with E-state index in [4.69, 9.17) is 4.52 Å². The number of nitrogens with zero attached hydrogens (tertiary/aromatic N) is 3. The van der Waals surface area contributed by atoms with Crippen molar-refractivity contribution >= 4 is 16.9 Å². The standard InChI is InChI=1S/C10H16N4OS/c1-7-4-6-16-10(12-7)11-5-3-9-13-8(2)15-14-9/h7H,3-6H2,1-2H3,(H,11,12). The number of rotatable bonds is 3. The number of nitrogens with one attached hydrogen (secondary N) is 1. The maximum absolute atomic E-state index is 4.89. The summed E-state index contributed by atoms with van der Waals surface area (Å²) in [6.45, 7) is 4.68. The number of thioether (sulfide) groups is 1. The minimum absolute atomic E-state index is 0.535. The highest BCUT2D eigenvalue weighted by Gasteiger charge is 2.12. The fourth-order valence-electron chi connectivity index (χ4n) is 1.45. The van der Waals surface area contributed by atoms with E-state index in [1.165, 1.54) is 6.42 Å². The zero-order valence-electron chi connectivity index (χ0n) is 9.56. The molecule has 1 aliphatic rings. The first-order valence-corrected chi connectivity index (χ1v) is 6.45. The Morgan fingerprint density at radius 1 is 1.62 bits per heavy atom. The Morgan fingerprint density at radius 3 is 3.19 bits per heavy atom. The Hall–Kier alpha value is -1.04. The SMILES string of the molecule is Cc1nc(CCN=C2NC(C)CCS2)no1. The van der Waals surface area contributed by atoms with E-state index >= 15 is 0 Å². The van der Waals surface area contributed by atoms with Gasteiger partial charge in [0.15, 0.2) is 11.0 Å². The third-order valence-electron chi connectivity index (χ3n) is 2.32. The lowest BCUT2D eigenvalue weighted by atomic mass is 10.3. The number of hydrogen-bond donors (Lipinski definition) is 1. The van der Waals surface area contributed by atoms with Gasteiger partial charge in [-0.05, 0) is 13.3 Å². The van der Waals surface area contributed by atoms with Crippen LogP contribution in [0.3, 0.4) is 0 Å². The predicted molar refractivity (Wildman–Crippen MR) is 64.7 cm³/mol. The molecule has 1 aromatic rings. The molecule has 1 saturated heterocycles. The second-order valence-corrected chi connectivity index (χ2v) is 4.93. The van der Waals surface area contributed by atoms with Crippen LogP contribution in [0.5, 0.6) is 0 Å². The van der Waals surface area contributed by atoms with E-state index < -0.39 is 0 Å². The highest BCUT2D eigenvalue weighted by molar-refractivity contribution is 8.13. The van der Waals surface area contributed by atoms with E-state index in [-0.39, 0.29) is 0 Å². The molecular formula is C10H16N4OS. The molecular weight excluding hydrogens is 224 g/mol. The summed E-state index contributed by atoms with van der Waals surface area (Å²) in [4.78, 5) is 8.62. The Morgan fingerprint density at radius 2 is 2.50 bits per heavy atom. The normalized spacial score (nSPS) is 23.4. The van der Waals surface area contributed by atoms with Crippen molar-refractivity contribution < 1.29 is 4.52 Å². The Labute approximate surface area is 99.1 Å². The fraction of sp³-hybridized carbons (Fsp3) is 0.700. The number of hydrogen-bond acceptors (Lipinski definition) is 5. The smallest absolute Gasteiger partial charge is 0.223 e. The van der Waals surface area contributed by atoms with Crippen molar-refractivity contribution in [3.05, 3.63) is 11.7 Å². The van der Waals surface area contributed by atoms with E-state index in [0.29, 0.717) is 18.5 Å². The summed E-state index contributed by atoms with van der Waals surface area (Å²) < 4.78 is 4.89. The van der Waals surface area contributed by atoms with Crippen LogP contribution in [-0.2, 0) is 6.42 Å². The van der Waals surface area contributed by atoms with Gasteiger partial charge in [0.1, 0.15) is 0 Å². The summed E-state index contributed by atoms with van der Waals surface area (Å²) in [6.07, 6.45) is 1.94. The Bertz CT molecular complexity index is 377. The van der Waals surface area contributed by atoms with Crippen molar-refractivity contribution in [1.82, 2.24) is 15.5 Å². The lowest BCUT2D eigenvalue weighted by molar-refractivity contribution is 0.387. The molecule has 0 aliphatic carbocycles. The van der Waals surface area contributed by atoms with Crippen molar-refractivity contribution in [3.63, 3.8) is 0 Å². The van der Waals surface area contributed by atoms with Crippen molar-refractivity contribution in [1.29, 1.82) is 0 Å². The number of aliphatic imine (C=N–C) groups is 1. The second kappa shape index (κ2) is 5.34. The van der Waals surface area contributed by atoms with Crippen LogP contribution >= 0.6 is 11.8 Å². The first-order valence-electron chi connectivity index (χ1n) is 5.47. The Kier molecular flexibility index (Phi) is 3.82. The molecule has 0 amide bonds. The van der Waals surface area contributed by atoms with Crippen LogP contribution in [-0.4, -0.2) is 33.6 Å². The molecule has 1 atom stereocenters. The Balaban J connectivity index is 1.80. The summed E-state index contributed by atoms with van der Waals surface area (Å²) in [5.74, 6) is 2.49. The van der Waals surface area contributed by atoms with Gasteiger partial charge in [-0.2, -0.15) is 4.98 Å². The molecule has 0 spiro atoms. The summed E-state index contributed by atoms with van der Waals surface area (Å²) >= 11 is 1.78. The predicted octanol–water partition coefficient (Wildman–Crippen LogP) is 1.39. The molecule has 6 heteroatoms. The van der Waals surface area contributed by atoms with Crippen LogP contribution < -0.4 is 5.32 Å². The number of aryl methyl sites for hydroxylation is 1. The van der Waals surface area contributed by atoms with Gasteiger partial charge >= 0.3 is 0 Å². The van der Waals surface area contributed by atoms with Crippen LogP contribution in [0.2, 0.25) is 0 Å². The van der Waals surface area contributed by atoms with Gasteiger partial charge < -0.3 is 9.84 Å². The lowest BCUT2D eigenvalue weighted by Gasteiger charge is -2.21. The highest BCUT2D eigenvalue weighted by Crippen LogP contribution is 2.13. The van der Waals surface area contributed by atoms with Gasteiger partial charge in [0.25, 0.3) is 0 Å². The van der Waals surface area contributed by atoms with Crippen molar-refractivity contribution in [3.8, 4) is 0 Å². The molecule has 0 aromatic carbocycles. The van der Waals surface area contributed by atoms with Crippen molar-refractivity contribution in [2.24, 2.45) is 4.99 Å².